The highest BCUT2D eigenvalue weighted by molar-refractivity contribution is 7.78. The van der Waals surface area contributed by atoms with Gasteiger partial charge in [-0.25, -0.2) is 0 Å². The lowest BCUT2D eigenvalue weighted by Gasteiger charge is -2.24. The minimum absolute atomic E-state index is 0.809. The van der Waals surface area contributed by atoms with Gasteiger partial charge in [0.25, 0.3) is 0 Å². The zero-order chi connectivity index (χ0) is 18.5. The first kappa shape index (κ1) is 22.0. The number of para-hydroxylation sites is 1. The maximum Gasteiger partial charge on any atom is 0.168 e. The van der Waals surface area contributed by atoms with E-state index in [0.29, 0.717) is 0 Å². The van der Waals surface area contributed by atoms with Crippen LogP contribution in [0.3, 0.4) is 0 Å². The van der Waals surface area contributed by atoms with E-state index >= 15 is 0 Å². The topological polar surface area (TPSA) is 18.5 Å². The average molecular weight is 366 g/mol. The van der Waals surface area contributed by atoms with Crippen molar-refractivity contribution < 1.29 is 9.47 Å². The molecule has 3 heteroatoms. The molecule has 2 nitrogen and oxygen atoms in total. The van der Waals surface area contributed by atoms with Crippen LogP contribution in [0, 0.1) is 0 Å². The largest absolute Gasteiger partial charge is 0.493 e. The van der Waals surface area contributed by atoms with Crippen molar-refractivity contribution in [1.29, 1.82) is 0 Å². The predicted octanol–water partition coefficient (Wildman–Crippen LogP) is 7.09. The molecule has 0 heterocycles. The average Bonchev–Trinajstić information content (AvgIpc) is 2.66. The molecular weight excluding hydrogens is 327 g/mol. The van der Waals surface area contributed by atoms with Crippen LogP contribution in [0.4, 0.5) is 0 Å². The van der Waals surface area contributed by atoms with Gasteiger partial charge in [0.2, 0.25) is 0 Å². The van der Waals surface area contributed by atoms with Crippen LogP contribution >= 0.6 is 7.26 Å². The molecule has 0 unspecified atom stereocenters. The number of rotatable bonds is 13. The van der Waals surface area contributed by atoms with E-state index in [0.717, 1.165) is 17.1 Å². The molecule has 0 fully saturated rings. The second kappa shape index (κ2) is 12.4. The first-order chi connectivity index (χ1) is 12.2. The summed E-state index contributed by atoms with van der Waals surface area (Å²) < 4.78 is 11.1. The lowest BCUT2D eigenvalue weighted by Crippen LogP contribution is -2.06. The highest BCUT2D eigenvalue weighted by atomic mass is 31.2. The maximum absolute atomic E-state index is 5.61. The van der Waals surface area contributed by atoms with Crippen molar-refractivity contribution >= 4 is 13.3 Å². The standard InChI is InChI=1S/C22H38O2P/c1-6-9-16-25(17-10-7-2,18-11-8-3)19-15-20-13-12-14-21(23-4)22(20)24-5/h12-15,19H,6-11,16-18H2,1-5H3/q+1/b19-15+. The summed E-state index contributed by atoms with van der Waals surface area (Å²) in [4.78, 5) is 0. The predicted molar refractivity (Wildman–Crippen MR) is 115 cm³/mol. The zero-order valence-electron chi connectivity index (χ0n) is 17.0. The summed E-state index contributed by atoms with van der Waals surface area (Å²) in [6, 6.07) is 6.14. The SMILES string of the molecule is CCCC[P+](/C=C/c1cccc(OC)c1OC)(CCCC)CCCC. The zero-order valence-corrected chi connectivity index (χ0v) is 17.9. The third-order valence-corrected chi connectivity index (χ3v) is 9.28. The van der Waals surface area contributed by atoms with E-state index in [1.54, 1.807) is 14.2 Å². The Morgan fingerprint density at radius 2 is 1.40 bits per heavy atom. The van der Waals surface area contributed by atoms with Crippen molar-refractivity contribution in [2.75, 3.05) is 32.7 Å². The lowest BCUT2D eigenvalue weighted by atomic mass is 10.2. The van der Waals surface area contributed by atoms with E-state index in [4.69, 9.17) is 9.47 Å². The number of benzene rings is 1. The van der Waals surface area contributed by atoms with Gasteiger partial charge in [-0.2, -0.15) is 0 Å². The molecule has 0 saturated heterocycles. The van der Waals surface area contributed by atoms with Crippen LogP contribution < -0.4 is 9.47 Å². The summed E-state index contributed by atoms with van der Waals surface area (Å²) in [5, 5.41) is 0. The second-order valence-electron chi connectivity index (χ2n) is 6.85. The van der Waals surface area contributed by atoms with Gasteiger partial charge in [-0.05, 0) is 31.4 Å². The molecule has 0 radical (unpaired) electrons. The number of unbranched alkanes of at least 4 members (excludes halogenated alkanes) is 3. The Kier molecular flexibility index (Phi) is 10.9. The van der Waals surface area contributed by atoms with Gasteiger partial charge in [-0.1, -0.05) is 52.2 Å². The van der Waals surface area contributed by atoms with Gasteiger partial charge in [0.1, 0.15) is 0 Å². The molecule has 0 atom stereocenters. The molecule has 1 rings (SSSR count). The molecule has 0 aliphatic rings. The van der Waals surface area contributed by atoms with Crippen LogP contribution in [-0.4, -0.2) is 32.7 Å². The highest BCUT2D eigenvalue weighted by Gasteiger charge is 2.32. The monoisotopic (exact) mass is 365 g/mol. The molecule has 0 spiro atoms. The Morgan fingerprint density at radius 1 is 0.840 bits per heavy atom. The lowest BCUT2D eigenvalue weighted by molar-refractivity contribution is 0.354. The summed E-state index contributed by atoms with van der Waals surface area (Å²) in [5.41, 5.74) is 1.13. The molecule has 25 heavy (non-hydrogen) atoms. The minimum Gasteiger partial charge on any atom is -0.493 e. The van der Waals surface area contributed by atoms with Crippen molar-refractivity contribution in [2.24, 2.45) is 0 Å². The molecule has 0 amide bonds. The van der Waals surface area contributed by atoms with E-state index < -0.39 is 7.26 Å². The van der Waals surface area contributed by atoms with Gasteiger partial charge in [0, 0.05) is 12.8 Å². The summed E-state index contributed by atoms with van der Waals surface area (Å²) in [7, 11) is 2.38. The second-order valence-corrected chi connectivity index (χ2v) is 10.9. The van der Waals surface area contributed by atoms with Crippen LogP contribution in [0.5, 0.6) is 11.5 Å². The quantitative estimate of drug-likeness (QED) is 0.347. The van der Waals surface area contributed by atoms with E-state index in [1.807, 2.05) is 12.1 Å². The summed E-state index contributed by atoms with van der Waals surface area (Å²) in [6.45, 7) is 6.93. The minimum atomic E-state index is -1.04. The van der Waals surface area contributed by atoms with Gasteiger partial charge in [0.05, 0.1) is 38.5 Å². The molecule has 142 valence electrons. The van der Waals surface area contributed by atoms with E-state index in [1.165, 1.54) is 57.0 Å². The van der Waals surface area contributed by atoms with Gasteiger partial charge < -0.3 is 9.47 Å². The number of methoxy groups -OCH3 is 2. The van der Waals surface area contributed by atoms with Crippen LogP contribution in [0.25, 0.3) is 6.08 Å². The first-order valence-electron chi connectivity index (χ1n) is 9.92. The Balaban J connectivity index is 3.14. The number of ether oxygens (including phenoxy) is 2. The van der Waals surface area contributed by atoms with Crippen LogP contribution in [0.15, 0.2) is 24.0 Å². The van der Waals surface area contributed by atoms with Crippen molar-refractivity contribution in [2.45, 2.75) is 59.3 Å². The van der Waals surface area contributed by atoms with E-state index in [9.17, 15) is 0 Å². The van der Waals surface area contributed by atoms with Crippen molar-refractivity contribution in [3.05, 3.63) is 29.6 Å². The Bertz CT molecular complexity index is 489. The highest BCUT2D eigenvalue weighted by Crippen LogP contribution is 2.62. The first-order valence-corrected chi connectivity index (χ1v) is 12.3. The fraction of sp³-hybridized carbons (Fsp3) is 0.636. The normalized spacial score (nSPS) is 11.9. The molecule has 1 aromatic carbocycles. The van der Waals surface area contributed by atoms with Crippen molar-refractivity contribution in [3.63, 3.8) is 0 Å². The molecular formula is C22H38O2P+. The summed E-state index contributed by atoms with van der Waals surface area (Å²) in [5.74, 6) is 4.25. The third-order valence-electron chi connectivity index (χ3n) is 4.87. The summed E-state index contributed by atoms with van der Waals surface area (Å²) in [6.07, 6.45) is 14.4. The molecule has 1 aromatic rings. The molecule has 0 bridgehead atoms. The van der Waals surface area contributed by atoms with Gasteiger partial charge in [-0.3, -0.25) is 0 Å². The molecule has 0 aromatic heterocycles. The van der Waals surface area contributed by atoms with E-state index in [2.05, 4.69) is 38.7 Å². The third kappa shape index (κ3) is 7.02. The summed E-state index contributed by atoms with van der Waals surface area (Å²) >= 11 is 0. The molecule has 0 aliphatic heterocycles. The van der Waals surface area contributed by atoms with Crippen LogP contribution in [-0.2, 0) is 0 Å². The number of hydrogen-bond donors (Lipinski definition) is 0. The maximum atomic E-state index is 5.61. The van der Waals surface area contributed by atoms with Crippen molar-refractivity contribution in [1.82, 2.24) is 0 Å². The number of hydrogen-bond acceptors (Lipinski definition) is 2. The van der Waals surface area contributed by atoms with Gasteiger partial charge in [-0.15, -0.1) is 0 Å². The Labute approximate surface area is 156 Å². The molecule has 0 N–H and O–H groups in total. The van der Waals surface area contributed by atoms with Crippen LogP contribution in [0.1, 0.15) is 64.9 Å². The van der Waals surface area contributed by atoms with Gasteiger partial charge in [0.15, 0.2) is 11.5 Å². The van der Waals surface area contributed by atoms with E-state index in [-0.39, 0.29) is 0 Å². The van der Waals surface area contributed by atoms with Gasteiger partial charge >= 0.3 is 0 Å². The fourth-order valence-electron chi connectivity index (χ4n) is 3.26. The molecule has 0 aliphatic carbocycles. The van der Waals surface area contributed by atoms with Crippen LogP contribution in [0.2, 0.25) is 0 Å². The Hall–Kier alpha value is -1.01. The molecule has 0 saturated carbocycles. The smallest absolute Gasteiger partial charge is 0.168 e. The Morgan fingerprint density at radius 3 is 1.84 bits per heavy atom. The fourth-order valence-corrected chi connectivity index (χ4v) is 7.69. The van der Waals surface area contributed by atoms with Crippen molar-refractivity contribution in [3.8, 4) is 11.5 Å².